The molecule has 6 atom stereocenters. The third-order valence-electron chi connectivity index (χ3n) is 25.0. The van der Waals surface area contributed by atoms with Crippen molar-refractivity contribution >= 4 is 131 Å². The van der Waals surface area contributed by atoms with Gasteiger partial charge in [0.15, 0.2) is 37.0 Å². The summed E-state index contributed by atoms with van der Waals surface area (Å²) in [5.41, 5.74) is -3.58. The molecule has 10 aromatic rings. The Balaban J connectivity index is 0.000000176. The van der Waals surface area contributed by atoms with E-state index < -0.39 is 219 Å². The Morgan fingerprint density at radius 1 is 0.557 bits per heavy atom. The van der Waals surface area contributed by atoms with Gasteiger partial charge in [-0.15, -0.1) is 0 Å². The lowest BCUT2D eigenvalue weighted by Crippen LogP contribution is -2.35. The van der Waals surface area contributed by atoms with Crippen LogP contribution in [0.25, 0.3) is 44.1 Å². The number of nitrogens with one attached hydrogen (secondary N) is 4. The van der Waals surface area contributed by atoms with E-state index in [1.165, 1.54) is 61.3 Å². The fourth-order valence-electron chi connectivity index (χ4n) is 17.6. The van der Waals surface area contributed by atoms with Crippen molar-refractivity contribution in [3.05, 3.63) is 184 Å². The standard InChI is InChI=1S/C44H39ClF7N7O6S2.C42H37ClF6IN7O5S2/c1-42(2,66(61,62)26-4-5-26)12-11-24-3-8-28(29-9-10-32(45)36-38(29)59(25-19-65-20-25)56-41(36)57-67(63,64)27-6-7-27)37(53-24)33(15-21-13-22(46)16-23(47)14-21)54-34(60)18-58-40-35(39(55-58)44(50,51)52)30-17-31(30)43(40,48)49;1-41(2,63(59,60)22-4-5-22)11-10-30-29(50)17-25(24-8-9-28(43)34-37(24)56(3)54-40(34)55-64(61,62)23-6-7-23)35(52-30)31(14-19-12-20(44)15-21(45)13-19)51-32(58)18-57-38-33(36(53-57)39(46)47)26-16-27(26)42(38,48)49/h3,8-10,13-14,16,25-27,30-31,33H,4-7,15,17-20H2,1-2H3,(H,54,60)(H,56,57);8-9,12-13,15,17,22-23,26-27,31,39H,4-7,14,16,18H2,1-3H3,(H,51,58)(H,54,55)/t30-,31+,33-;26-,27+,31-/m00/s1. The van der Waals surface area contributed by atoms with Crippen LogP contribution in [0.5, 0.6) is 0 Å². The number of rotatable bonds is 26. The first-order valence-electron chi connectivity index (χ1n) is 41.5. The van der Waals surface area contributed by atoms with Gasteiger partial charge in [-0.1, -0.05) is 47.2 Å². The number of fused-ring (bicyclic) bond motifs is 8. The monoisotopic (exact) mass is 2050 g/mol. The smallest absolute Gasteiger partial charge is 0.377 e. The maximum absolute atomic E-state index is 15.6. The summed E-state index contributed by atoms with van der Waals surface area (Å²) in [6, 6.07) is 12.7. The summed E-state index contributed by atoms with van der Waals surface area (Å²) in [4.78, 5) is 38.1. The van der Waals surface area contributed by atoms with Crippen molar-refractivity contribution in [3.8, 4) is 45.9 Å². The summed E-state index contributed by atoms with van der Waals surface area (Å²) in [5.74, 6) is -6.58. The third-order valence-corrected chi connectivity index (χ3v) is 35.8. The first kappa shape index (κ1) is 91.8. The quantitative estimate of drug-likeness (QED) is 0.0222. The first-order chi connectivity index (χ1) is 61.4. The summed E-state index contributed by atoms with van der Waals surface area (Å²) in [6.07, 6.45) is -5.55. The van der Waals surface area contributed by atoms with Crippen LogP contribution < -0.4 is 20.1 Å². The van der Waals surface area contributed by atoms with Gasteiger partial charge in [-0.3, -0.25) is 37.8 Å². The van der Waals surface area contributed by atoms with Gasteiger partial charge in [0.05, 0.1) is 95.6 Å². The number of ether oxygens (including phenoxy) is 1. The Morgan fingerprint density at radius 2 is 1.00 bits per heavy atom. The Bertz CT molecular complexity index is 7120. The molecule has 1 aliphatic heterocycles. The van der Waals surface area contributed by atoms with Crippen LogP contribution in [0.4, 0.5) is 68.7 Å². The number of nitrogens with zero attached hydrogens (tertiary/aromatic N) is 10. The fourth-order valence-corrected chi connectivity index (χ4v) is 24.9. The van der Waals surface area contributed by atoms with Crippen LogP contribution in [-0.4, -0.2) is 138 Å². The number of benzene rings is 4. The van der Waals surface area contributed by atoms with E-state index in [0.29, 0.717) is 87.5 Å². The highest BCUT2D eigenvalue weighted by Crippen LogP contribution is 2.70. The van der Waals surface area contributed by atoms with Crippen LogP contribution in [0.2, 0.25) is 10.0 Å². The minimum absolute atomic E-state index is 0.00255. The highest BCUT2D eigenvalue weighted by molar-refractivity contribution is 14.1. The number of sulfone groups is 2. The van der Waals surface area contributed by atoms with Crippen LogP contribution in [-0.2, 0) is 105 Å². The lowest BCUT2D eigenvalue weighted by atomic mass is 9.93. The number of aromatic nitrogens is 10. The van der Waals surface area contributed by atoms with Crippen molar-refractivity contribution in [3.63, 3.8) is 0 Å². The molecular formula is C86H76Cl2F13IN14O11S4. The number of alkyl halides is 9. The van der Waals surface area contributed by atoms with E-state index in [-0.39, 0.29) is 127 Å². The molecule has 6 aromatic heterocycles. The molecular weight excluding hydrogens is 1980 g/mol. The number of pyridine rings is 2. The van der Waals surface area contributed by atoms with Gasteiger partial charge in [-0.2, -0.15) is 51.1 Å². The number of halogens is 16. The maximum Gasteiger partial charge on any atom is 0.435 e. The summed E-state index contributed by atoms with van der Waals surface area (Å²) in [5, 5.41) is 20.0. The van der Waals surface area contributed by atoms with Crippen molar-refractivity contribution in [2.45, 2.75) is 203 Å². The van der Waals surface area contributed by atoms with Crippen molar-refractivity contribution in [2.75, 3.05) is 22.7 Å². The topological polar surface area (TPSA) is 325 Å². The number of carbonyl (C=O) groups excluding carboxylic acids is 2. The van der Waals surface area contributed by atoms with Crippen LogP contribution in [0, 0.1) is 62.4 Å². The van der Waals surface area contributed by atoms with Crippen LogP contribution in [0.15, 0.2) is 78.9 Å². The number of hydrogen-bond acceptors (Lipinski definition) is 17. The zero-order valence-corrected chi connectivity index (χ0v) is 76.3. The molecule has 692 valence electrons. The minimum Gasteiger partial charge on any atom is -0.377 e. The van der Waals surface area contributed by atoms with E-state index in [9.17, 15) is 82.8 Å². The number of sulfonamides is 2. The molecule has 0 unspecified atom stereocenters. The van der Waals surface area contributed by atoms with Crippen LogP contribution in [0.3, 0.4) is 0 Å². The molecule has 131 heavy (non-hydrogen) atoms. The molecule has 45 heteroatoms. The van der Waals surface area contributed by atoms with E-state index in [1.54, 1.807) is 25.2 Å². The second kappa shape index (κ2) is 32.6. The SMILES string of the molecule is CC(C)(C#Cc1ccc(-c2ccc(Cl)c3c(NS(=O)(=O)C4CC4)nn(C4COC4)c23)c([C@H](Cc2cc(F)cc(F)c2)NC(=O)Cn2nc(C(F)(F)F)c3c2C(F)(F)[C@@H]2C[C@H]32)n1)S(=O)(=O)C1CC1.Cn1nc(NS(=O)(=O)C2CC2)c2c(Cl)ccc(-c3cc(I)c(C#CC(C)(C)S(=O)(=O)C4CC4)nc3[C@H](Cc3cc(F)cc(F)c3)NC(=O)Cn3nc(C(F)F)c4c3C(F)(F)[C@@H]3C[C@H]43)c21. The molecule has 6 saturated carbocycles. The van der Waals surface area contributed by atoms with Gasteiger partial charge < -0.3 is 15.4 Å². The molecule has 0 bridgehead atoms. The molecule has 0 radical (unpaired) electrons. The summed E-state index contributed by atoms with van der Waals surface area (Å²) in [6.45, 7) is 4.09. The van der Waals surface area contributed by atoms with E-state index in [1.807, 2.05) is 22.6 Å². The highest BCUT2D eigenvalue weighted by atomic mass is 127. The van der Waals surface area contributed by atoms with E-state index in [4.69, 9.17) is 37.9 Å². The second-order valence-electron chi connectivity index (χ2n) is 35.4. The van der Waals surface area contributed by atoms with Crippen LogP contribution in [0.1, 0.15) is 196 Å². The molecule has 0 spiro atoms. The van der Waals surface area contributed by atoms with Gasteiger partial charge in [0, 0.05) is 68.0 Å². The van der Waals surface area contributed by atoms with Crippen molar-refractivity contribution in [1.29, 1.82) is 0 Å². The predicted octanol–water partition coefficient (Wildman–Crippen LogP) is 16.0. The molecule has 4 N–H and O–H groups in total. The molecule has 7 heterocycles. The fraction of sp³-hybridized carbons (Fsp3) is 0.442. The van der Waals surface area contributed by atoms with E-state index >= 15 is 17.6 Å². The second-order valence-corrected chi connectivity index (χ2v) is 46.8. The molecule has 1 saturated heterocycles. The highest BCUT2D eigenvalue weighted by Gasteiger charge is 2.69. The van der Waals surface area contributed by atoms with Crippen LogP contribution >= 0.6 is 45.8 Å². The zero-order valence-electron chi connectivity index (χ0n) is 69.4. The molecule has 19 rings (SSSR count). The van der Waals surface area contributed by atoms with Gasteiger partial charge in [0.1, 0.15) is 74.3 Å². The molecule has 2 amide bonds. The van der Waals surface area contributed by atoms with E-state index in [2.05, 4.69) is 64.2 Å². The zero-order chi connectivity index (χ0) is 93.7. The Labute approximate surface area is 764 Å². The van der Waals surface area contributed by atoms with Gasteiger partial charge in [0.25, 0.3) is 18.3 Å². The largest absolute Gasteiger partial charge is 0.435 e. The first-order valence-corrected chi connectivity index (χ1v) is 49.5. The lowest BCUT2D eigenvalue weighted by Gasteiger charge is -2.28. The molecule has 8 aliphatic carbocycles. The maximum atomic E-state index is 15.6. The summed E-state index contributed by atoms with van der Waals surface area (Å²) in [7, 11) is -13.6. The Kier molecular flexibility index (Phi) is 22.9. The molecule has 7 fully saturated rings. The average Bonchev–Trinajstić information content (AvgIpc) is 1.52. The predicted molar refractivity (Wildman–Crippen MR) is 462 cm³/mol. The third kappa shape index (κ3) is 17.2. The number of aryl methyl sites for hydroxylation is 1. The summed E-state index contributed by atoms with van der Waals surface area (Å²) < 4.78 is 310. The molecule has 25 nitrogen and oxygen atoms in total. The summed E-state index contributed by atoms with van der Waals surface area (Å²) >= 11 is 15.5. The van der Waals surface area contributed by atoms with Gasteiger partial charge >= 0.3 is 6.18 Å². The van der Waals surface area contributed by atoms with Gasteiger partial charge in [-0.05, 0) is 217 Å². The van der Waals surface area contributed by atoms with Crippen molar-refractivity contribution in [1.82, 2.24) is 59.7 Å². The Hall–Kier alpha value is -9.64. The number of carbonyl (C=O) groups is 2. The Morgan fingerprint density at radius 3 is 1.47 bits per heavy atom. The van der Waals surface area contributed by atoms with Gasteiger partial charge in [-0.25, -0.2) is 70.0 Å². The average molecular weight is 2050 g/mol. The van der Waals surface area contributed by atoms with Gasteiger partial charge in [0.2, 0.25) is 31.9 Å². The minimum atomic E-state index is -5.12. The number of amides is 2. The van der Waals surface area contributed by atoms with Crippen molar-refractivity contribution in [2.24, 2.45) is 18.9 Å². The normalized spacial score (nSPS) is 20.1. The molecule has 9 aliphatic rings. The number of anilines is 2. The lowest BCUT2D eigenvalue weighted by molar-refractivity contribution is -0.142. The van der Waals surface area contributed by atoms with E-state index in [0.717, 1.165) is 24.3 Å². The number of hydrogen-bond donors (Lipinski definition) is 4. The van der Waals surface area contributed by atoms with Crippen molar-refractivity contribution < 1.29 is 105 Å². The molecule has 4 aromatic carbocycles.